The first kappa shape index (κ1) is 17.5. The normalized spacial score (nSPS) is 20.9. The molecule has 3 heteroatoms. The van der Waals surface area contributed by atoms with Crippen molar-refractivity contribution in [3.05, 3.63) is 0 Å². The van der Waals surface area contributed by atoms with Gasteiger partial charge in [0.25, 0.3) is 0 Å². The Bertz CT molecular complexity index is 290. The third kappa shape index (κ3) is 5.82. The third-order valence-electron chi connectivity index (χ3n) is 4.70. The number of unbranched alkanes of at least 4 members (excludes halogenated alkanes) is 1. The van der Waals surface area contributed by atoms with Crippen molar-refractivity contribution in [1.82, 2.24) is 10.2 Å². The van der Waals surface area contributed by atoms with Crippen molar-refractivity contribution in [1.29, 1.82) is 0 Å². The Morgan fingerprint density at radius 3 is 2.60 bits per heavy atom. The molecule has 1 fully saturated rings. The maximum Gasteiger partial charge on any atom is 0.222 e. The molecule has 2 unspecified atom stereocenters. The van der Waals surface area contributed by atoms with Crippen LogP contribution in [0.4, 0.5) is 0 Å². The number of hydrogen-bond donors (Lipinski definition) is 1. The molecule has 0 radical (unpaired) electrons. The molecule has 1 aliphatic heterocycles. The summed E-state index contributed by atoms with van der Waals surface area (Å²) in [4.78, 5) is 14.7. The topological polar surface area (TPSA) is 32.3 Å². The zero-order chi connectivity index (χ0) is 15.2. The SMILES string of the molecule is CCCCN(CC1CCCN1)C(=O)CC(C)C(C)(C)C. The molecule has 0 aromatic heterocycles. The van der Waals surface area contributed by atoms with E-state index in [1.54, 1.807) is 0 Å². The largest absolute Gasteiger partial charge is 0.341 e. The van der Waals surface area contributed by atoms with E-state index in [1.165, 1.54) is 12.8 Å². The van der Waals surface area contributed by atoms with Crippen molar-refractivity contribution < 1.29 is 4.79 Å². The molecule has 0 aliphatic carbocycles. The first-order chi connectivity index (χ1) is 9.34. The summed E-state index contributed by atoms with van der Waals surface area (Å²) in [6.07, 6.45) is 5.41. The molecule has 1 saturated heterocycles. The zero-order valence-electron chi connectivity index (χ0n) is 14.2. The van der Waals surface area contributed by atoms with E-state index >= 15 is 0 Å². The molecular weight excluding hydrogens is 248 g/mol. The van der Waals surface area contributed by atoms with Gasteiger partial charge in [-0.05, 0) is 37.1 Å². The molecule has 118 valence electrons. The van der Waals surface area contributed by atoms with Crippen molar-refractivity contribution in [2.24, 2.45) is 11.3 Å². The number of amides is 1. The van der Waals surface area contributed by atoms with Crippen LogP contribution in [0.3, 0.4) is 0 Å². The van der Waals surface area contributed by atoms with Crippen LogP contribution >= 0.6 is 0 Å². The Morgan fingerprint density at radius 2 is 2.10 bits per heavy atom. The van der Waals surface area contributed by atoms with Gasteiger partial charge in [-0.25, -0.2) is 0 Å². The predicted octanol–water partition coefficient (Wildman–Crippen LogP) is 3.44. The molecule has 3 nitrogen and oxygen atoms in total. The molecule has 0 aromatic carbocycles. The molecule has 1 amide bonds. The minimum absolute atomic E-state index is 0.206. The van der Waals surface area contributed by atoms with Gasteiger partial charge < -0.3 is 10.2 Å². The van der Waals surface area contributed by atoms with Crippen LogP contribution < -0.4 is 5.32 Å². The molecule has 1 heterocycles. The van der Waals surface area contributed by atoms with Gasteiger partial charge in [-0.1, -0.05) is 41.0 Å². The molecule has 0 aromatic rings. The summed E-state index contributed by atoms with van der Waals surface area (Å²) in [5.41, 5.74) is 0.206. The van der Waals surface area contributed by atoms with Crippen molar-refractivity contribution in [3.8, 4) is 0 Å². The fraction of sp³-hybridized carbons (Fsp3) is 0.941. The highest BCUT2D eigenvalue weighted by molar-refractivity contribution is 5.76. The van der Waals surface area contributed by atoms with E-state index in [2.05, 4.69) is 44.8 Å². The molecule has 0 spiro atoms. The number of nitrogens with zero attached hydrogens (tertiary/aromatic N) is 1. The lowest BCUT2D eigenvalue weighted by Gasteiger charge is -2.31. The highest BCUT2D eigenvalue weighted by Crippen LogP contribution is 2.28. The quantitative estimate of drug-likeness (QED) is 0.776. The van der Waals surface area contributed by atoms with Crippen LogP contribution in [0.2, 0.25) is 0 Å². The van der Waals surface area contributed by atoms with Gasteiger partial charge in [0.2, 0.25) is 5.91 Å². The summed E-state index contributed by atoms with van der Waals surface area (Å²) < 4.78 is 0. The Labute approximate surface area is 125 Å². The average molecular weight is 282 g/mol. The summed E-state index contributed by atoms with van der Waals surface area (Å²) in [6.45, 7) is 14.0. The van der Waals surface area contributed by atoms with Crippen LogP contribution in [0.5, 0.6) is 0 Å². The van der Waals surface area contributed by atoms with E-state index in [0.29, 0.717) is 24.3 Å². The van der Waals surface area contributed by atoms with Crippen molar-refractivity contribution in [3.63, 3.8) is 0 Å². The van der Waals surface area contributed by atoms with Gasteiger partial charge in [0.05, 0.1) is 0 Å². The summed E-state index contributed by atoms with van der Waals surface area (Å²) in [5.74, 6) is 0.769. The molecule has 2 atom stereocenters. The zero-order valence-corrected chi connectivity index (χ0v) is 14.2. The molecule has 1 aliphatic rings. The van der Waals surface area contributed by atoms with Crippen LogP contribution in [0, 0.1) is 11.3 Å². The summed E-state index contributed by atoms with van der Waals surface area (Å²) in [6, 6.07) is 0.515. The number of carbonyl (C=O) groups is 1. The smallest absolute Gasteiger partial charge is 0.222 e. The van der Waals surface area contributed by atoms with Crippen LogP contribution in [-0.2, 0) is 4.79 Å². The van der Waals surface area contributed by atoms with Gasteiger partial charge in [-0.15, -0.1) is 0 Å². The van der Waals surface area contributed by atoms with Crippen molar-refractivity contribution in [2.75, 3.05) is 19.6 Å². The fourth-order valence-corrected chi connectivity index (χ4v) is 2.54. The predicted molar refractivity (Wildman–Crippen MR) is 85.7 cm³/mol. The molecule has 1 N–H and O–H groups in total. The first-order valence-corrected chi connectivity index (χ1v) is 8.35. The lowest BCUT2D eigenvalue weighted by molar-refractivity contribution is -0.133. The molecule has 20 heavy (non-hydrogen) atoms. The Hall–Kier alpha value is -0.570. The monoisotopic (exact) mass is 282 g/mol. The van der Waals surface area contributed by atoms with E-state index < -0.39 is 0 Å². The molecular formula is C17H34N2O. The van der Waals surface area contributed by atoms with Gasteiger partial charge in [0.1, 0.15) is 0 Å². The lowest BCUT2D eigenvalue weighted by atomic mass is 9.80. The van der Waals surface area contributed by atoms with E-state index in [-0.39, 0.29) is 5.41 Å². The van der Waals surface area contributed by atoms with E-state index in [0.717, 1.165) is 32.5 Å². The average Bonchev–Trinajstić information content (AvgIpc) is 2.85. The van der Waals surface area contributed by atoms with Gasteiger partial charge in [-0.3, -0.25) is 4.79 Å². The Morgan fingerprint density at radius 1 is 1.40 bits per heavy atom. The third-order valence-corrected chi connectivity index (χ3v) is 4.70. The highest BCUT2D eigenvalue weighted by Gasteiger charge is 2.26. The second-order valence-corrected chi connectivity index (χ2v) is 7.46. The summed E-state index contributed by atoms with van der Waals surface area (Å²) in [5, 5.41) is 3.51. The van der Waals surface area contributed by atoms with Gasteiger partial charge in [0, 0.05) is 25.6 Å². The fourth-order valence-electron chi connectivity index (χ4n) is 2.54. The van der Waals surface area contributed by atoms with Crippen molar-refractivity contribution in [2.45, 2.75) is 72.8 Å². The maximum absolute atomic E-state index is 12.6. The van der Waals surface area contributed by atoms with Gasteiger partial charge in [-0.2, -0.15) is 0 Å². The van der Waals surface area contributed by atoms with Crippen LogP contribution in [0.15, 0.2) is 0 Å². The van der Waals surface area contributed by atoms with Gasteiger partial charge in [0.15, 0.2) is 0 Å². The van der Waals surface area contributed by atoms with E-state index in [1.807, 2.05) is 0 Å². The number of carbonyl (C=O) groups excluding carboxylic acids is 1. The highest BCUT2D eigenvalue weighted by atomic mass is 16.2. The summed E-state index contributed by atoms with van der Waals surface area (Å²) in [7, 11) is 0. The van der Waals surface area contributed by atoms with Gasteiger partial charge >= 0.3 is 0 Å². The second kappa shape index (κ2) is 8.02. The Kier molecular flexibility index (Phi) is 7.01. The van der Waals surface area contributed by atoms with E-state index in [4.69, 9.17) is 0 Å². The van der Waals surface area contributed by atoms with Crippen LogP contribution in [0.1, 0.15) is 66.7 Å². The summed E-state index contributed by atoms with van der Waals surface area (Å²) >= 11 is 0. The number of nitrogens with one attached hydrogen (secondary N) is 1. The number of hydrogen-bond acceptors (Lipinski definition) is 2. The lowest BCUT2D eigenvalue weighted by Crippen LogP contribution is -2.42. The Balaban J connectivity index is 2.54. The minimum Gasteiger partial charge on any atom is -0.341 e. The number of rotatable bonds is 7. The van der Waals surface area contributed by atoms with Crippen LogP contribution in [-0.4, -0.2) is 36.5 Å². The molecule has 0 saturated carbocycles. The van der Waals surface area contributed by atoms with Crippen LogP contribution in [0.25, 0.3) is 0 Å². The van der Waals surface area contributed by atoms with E-state index in [9.17, 15) is 4.79 Å². The maximum atomic E-state index is 12.6. The minimum atomic E-state index is 0.206. The first-order valence-electron chi connectivity index (χ1n) is 8.35. The molecule has 1 rings (SSSR count). The van der Waals surface area contributed by atoms with Crippen molar-refractivity contribution >= 4 is 5.91 Å². The standard InChI is InChI=1S/C17H34N2O/c1-6-7-11-19(13-15-9-8-10-18-15)16(20)12-14(2)17(3,4)5/h14-15,18H,6-13H2,1-5H3. The second-order valence-electron chi connectivity index (χ2n) is 7.46. The molecule has 0 bridgehead atoms.